The molecule has 3 aromatic rings. The molecule has 8 heteroatoms. The van der Waals surface area contributed by atoms with Crippen LogP contribution in [0.3, 0.4) is 0 Å². The van der Waals surface area contributed by atoms with E-state index in [0.29, 0.717) is 53.3 Å². The number of fused-ring (bicyclic) bond motifs is 1. The first-order valence-corrected chi connectivity index (χ1v) is 10.9. The highest BCUT2D eigenvalue weighted by atomic mass is 16.5. The first kappa shape index (κ1) is 22.5. The lowest BCUT2D eigenvalue weighted by Gasteiger charge is -2.12. The Hall–Kier alpha value is -3.65. The molecule has 0 spiro atoms. The first-order chi connectivity index (χ1) is 16.1. The van der Waals surface area contributed by atoms with Crippen molar-refractivity contribution in [1.29, 1.82) is 0 Å². The van der Waals surface area contributed by atoms with E-state index in [1.165, 1.54) is 0 Å². The fourth-order valence-corrected chi connectivity index (χ4v) is 3.64. The smallest absolute Gasteiger partial charge is 0.338 e. The third-order valence-corrected chi connectivity index (χ3v) is 5.33. The van der Waals surface area contributed by atoms with E-state index in [-0.39, 0.29) is 17.6 Å². The minimum Gasteiger partial charge on any atom is -0.493 e. The lowest BCUT2D eigenvalue weighted by molar-refractivity contribution is 0.0526. The molecule has 2 heterocycles. The van der Waals surface area contributed by atoms with Crippen molar-refractivity contribution in [3.05, 3.63) is 65.2 Å². The number of methoxy groups -OCH3 is 1. The number of amides is 1. The maximum atomic E-state index is 13.0. The summed E-state index contributed by atoms with van der Waals surface area (Å²) in [6.07, 6.45) is 1.93. The largest absolute Gasteiger partial charge is 0.493 e. The third-order valence-electron chi connectivity index (χ3n) is 5.33. The second-order valence-electron chi connectivity index (χ2n) is 7.57. The second-order valence-corrected chi connectivity index (χ2v) is 7.57. The molecule has 1 fully saturated rings. The highest BCUT2D eigenvalue weighted by Crippen LogP contribution is 2.25. The predicted octanol–water partition coefficient (Wildman–Crippen LogP) is 3.76. The highest BCUT2D eigenvalue weighted by molar-refractivity contribution is 5.97. The van der Waals surface area contributed by atoms with Crippen LogP contribution < -0.4 is 15.6 Å². The number of carbonyl (C=O) groups excluding carboxylic acids is 2. The zero-order chi connectivity index (χ0) is 23.2. The molecule has 1 saturated heterocycles. The third kappa shape index (κ3) is 5.23. The molecule has 1 atom stereocenters. The van der Waals surface area contributed by atoms with E-state index in [4.69, 9.17) is 18.6 Å². The normalized spacial score (nSPS) is 16.1. The molecule has 1 aliphatic rings. The fourth-order valence-electron chi connectivity index (χ4n) is 3.64. The number of nitrogens with zero attached hydrogens (tertiary/aromatic N) is 1. The fraction of sp³-hybridized carbons (Fsp3) is 0.320. The average Bonchev–Trinajstić information content (AvgIpc) is 3.36. The van der Waals surface area contributed by atoms with E-state index < -0.39 is 5.97 Å². The van der Waals surface area contributed by atoms with E-state index in [1.54, 1.807) is 50.4 Å². The zero-order valence-electron chi connectivity index (χ0n) is 18.6. The molecule has 0 bridgehead atoms. The quantitative estimate of drug-likeness (QED) is 0.550. The second kappa shape index (κ2) is 10.3. The number of rotatable bonds is 7. The summed E-state index contributed by atoms with van der Waals surface area (Å²) in [5, 5.41) is 3.64. The average molecular weight is 450 g/mol. The molecule has 1 aliphatic heterocycles. The number of carbonyl (C=O) groups is 2. The summed E-state index contributed by atoms with van der Waals surface area (Å²) in [4.78, 5) is 29.5. The van der Waals surface area contributed by atoms with Crippen molar-refractivity contribution in [1.82, 2.24) is 5.32 Å². The number of hydrogen-bond acceptors (Lipinski definition) is 7. The Kier molecular flexibility index (Phi) is 7.04. The molecular weight excluding hydrogens is 424 g/mol. The van der Waals surface area contributed by atoms with E-state index in [0.717, 1.165) is 12.8 Å². The Morgan fingerprint density at radius 3 is 2.70 bits per heavy atom. The van der Waals surface area contributed by atoms with Crippen LogP contribution in [-0.2, 0) is 9.47 Å². The maximum absolute atomic E-state index is 13.0. The van der Waals surface area contributed by atoms with Gasteiger partial charge in [0.1, 0.15) is 5.56 Å². The van der Waals surface area contributed by atoms with Crippen LogP contribution in [0.2, 0.25) is 0 Å². The van der Waals surface area contributed by atoms with Gasteiger partial charge in [-0.1, -0.05) is 12.1 Å². The minimum atomic E-state index is -0.404. The molecule has 0 aliphatic carbocycles. The summed E-state index contributed by atoms with van der Waals surface area (Å²) >= 11 is 0. The lowest BCUT2D eigenvalue weighted by Crippen LogP contribution is -2.34. The molecule has 0 saturated carbocycles. The molecule has 1 aromatic heterocycles. The lowest BCUT2D eigenvalue weighted by atomic mass is 10.1. The standard InChI is InChI=1S/C25H26N2O6/c1-3-31-25(29)16-9-11-18(12-10-16)27-24-20(23(28)26-15-19-7-5-13-32-19)14-17-6-4-8-21(30-2)22(17)33-24/h4,6,8-12,14,19H,3,5,7,13,15H2,1-2H3,(H,26,28)/t19-/m1/s1. The Labute approximate surface area is 191 Å². The Bertz CT molecular complexity index is 1210. The molecule has 8 nitrogen and oxygen atoms in total. The molecule has 0 radical (unpaired) electrons. The van der Waals surface area contributed by atoms with E-state index in [9.17, 15) is 9.59 Å². The summed E-state index contributed by atoms with van der Waals surface area (Å²) in [5.41, 5.74) is 1.86. The molecule has 33 heavy (non-hydrogen) atoms. The van der Waals surface area contributed by atoms with Crippen LogP contribution in [0.5, 0.6) is 5.75 Å². The van der Waals surface area contributed by atoms with Gasteiger partial charge in [0, 0.05) is 18.5 Å². The molecule has 0 unspecified atom stereocenters. The van der Waals surface area contributed by atoms with Gasteiger partial charge in [0.15, 0.2) is 11.3 Å². The molecular formula is C25H26N2O6. The molecule has 2 aromatic carbocycles. The van der Waals surface area contributed by atoms with E-state index >= 15 is 0 Å². The van der Waals surface area contributed by atoms with E-state index in [1.807, 2.05) is 12.1 Å². The molecule has 172 valence electrons. The zero-order valence-corrected chi connectivity index (χ0v) is 18.6. The number of ether oxygens (including phenoxy) is 3. The van der Waals surface area contributed by atoms with Crippen molar-refractivity contribution in [2.45, 2.75) is 25.9 Å². The van der Waals surface area contributed by atoms with Gasteiger partial charge in [0.2, 0.25) is 5.55 Å². The van der Waals surface area contributed by atoms with Crippen LogP contribution in [0.1, 0.15) is 40.5 Å². The number of benzene rings is 2. The molecule has 1 amide bonds. The van der Waals surface area contributed by atoms with Gasteiger partial charge < -0.3 is 23.9 Å². The van der Waals surface area contributed by atoms with Crippen LogP contribution in [-0.4, -0.2) is 44.8 Å². The SMILES string of the molecule is CCOC(=O)c1ccc(N=c2oc3c(OC)cccc3cc2C(=O)NC[C@H]2CCCO2)cc1. The van der Waals surface area contributed by atoms with Crippen molar-refractivity contribution in [2.75, 3.05) is 26.9 Å². The summed E-state index contributed by atoms with van der Waals surface area (Å²) in [7, 11) is 1.55. The summed E-state index contributed by atoms with van der Waals surface area (Å²) in [5.74, 6) is -0.174. The summed E-state index contributed by atoms with van der Waals surface area (Å²) in [6.45, 7) is 3.19. The Morgan fingerprint density at radius 2 is 2.00 bits per heavy atom. The van der Waals surface area contributed by atoms with Crippen molar-refractivity contribution < 1.29 is 28.2 Å². The highest BCUT2D eigenvalue weighted by Gasteiger charge is 2.19. The van der Waals surface area contributed by atoms with Crippen molar-refractivity contribution in [3.63, 3.8) is 0 Å². The van der Waals surface area contributed by atoms with Crippen molar-refractivity contribution in [2.24, 2.45) is 4.99 Å². The topological polar surface area (TPSA) is 99.4 Å². The Morgan fingerprint density at radius 1 is 1.18 bits per heavy atom. The van der Waals surface area contributed by atoms with Crippen molar-refractivity contribution >= 4 is 28.5 Å². The number of hydrogen-bond donors (Lipinski definition) is 1. The molecule has 4 rings (SSSR count). The van der Waals surface area contributed by atoms with Gasteiger partial charge in [-0.05, 0) is 56.2 Å². The van der Waals surface area contributed by atoms with Gasteiger partial charge in [-0.2, -0.15) is 0 Å². The van der Waals surface area contributed by atoms with Gasteiger partial charge in [-0.3, -0.25) is 4.79 Å². The van der Waals surface area contributed by atoms with Crippen LogP contribution >= 0.6 is 0 Å². The van der Waals surface area contributed by atoms with Crippen LogP contribution in [0.15, 0.2) is 57.9 Å². The predicted molar refractivity (Wildman–Crippen MR) is 122 cm³/mol. The van der Waals surface area contributed by atoms with Gasteiger partial charge in [-0.15, -0.1) is 0 Å². The van der Waals surface area contributed by atoms with Gasteiger partial charge >= 0.3 is 5.97 Å². The first-order valence-electron chi connectivity index (χ1n) is 10.9. The summed E-state index contributed by atoms with van der Waals surface area (Å²) < 4.78 is 22.1. The maximum Gasteiger partial charge on any atom is 0.338 e. The summed E-state index contributed by atoms with van der Waals surface area (Å²) in [6, 6.07) is 13.8. The van der Waals surface area contributed by atoms with Gasteiger partial charge in [-0.25, -0.2) is 9.79 Å². The number of nitrogens with one attached hydrogen (secondary N) is 1. The minimum absolute atomic E-state index is 0.0160. The van der Waals surface area contributed by atoms with Crippen LogP contribution in [0.4, 0.5) is 5.69 Å². The molecule has 1 N–H and O–H groups in total. The van der Waals surface area contributed by atoms with Crippen molar-refractivity contribution in [3.8, 4) is 5.75 Å². The number of esters is 1. The monoisotopic (exact) mass is 450 g/mol. The van der Waals surface area contributed by atoms with Crippen LogP contribution in [0, 0.1) is 0 Å². The van der Waals surface area contributed by atoms with Gasteiger partial charge in [0.25, 0.3) is 5.91 Å². The number of para-hydroxylation sites is 1. The van der Waals surface area contributed by atoms with Crippen LogP contribution in [0.25, 0.3) is 11.0 Å². The Balaban J connectivity index is 1.72. The van der Waals surface area contributed by atoms with E-state index in [2.05, 4.69) is 10.3 Å². The van der Waals surface area contributed by atoms with Gasteiger partial charge in [0.05, 0.1) is 31.1 Å².